The molecule has 0 aliphatic rings. The van der Waals surface area contributed by atoms with E-state index in [2.05, 4.69) is 19.2 Å². The van der Waals surface area contributed by atoms with Crippen molar-refractivity contribution in [3.8, 4) is 28.1 Å². The number of rotatable bonds is 6. The van der Waals surface area contributed by atoms with Crippen molar-refractivity contribution in [1.29, 1.82) is 0 Å². The molecule has 32 heavy (non-hydrogen) atoms. The molecule has 6 nitrogen and oxygen atoms in total. The van der Waals surface area contributed by atoms with Crippen LogP contribution in [-0.4, -0.2) is 33.7 Å². The topological polar surface area (TPSA) is 68.5 Å². The lowest BCUT2D eigenvalue weighted by Crippen LogP contribution is -2.36. The Morgan fingerprint density at radius 1 is 1.03 bits per heavy atom. The third-order valence-electron chi connectivity index (χ3n) is 5.80. The number of amides is 1. The van der Waals surface area contributed by atoms with Crippen molar-refractivity contribution in [1.82, 2.24) is 19.9 Å². The number of fused-ring (bicyclic) bond motifs is 1. The number of carbonyl (C=O) groups is 1. The molecule has 1 amide bonds. The van der Waals surface area contributed by atoms with E-state index in [9.17, 15) is 4.79 Å². The van der Waals surface area contributed by atoms with Crippen molar-refractivity contribution in [3.05, 3.63) is 72.1 Å². The zero-order valence-corrected chi connectivity index (χ0v) is 19.1. The summed E-state index contributed by atoms with van der Waals surface area (Å²) < 4.78 is 7.41. The van der Waals surface area contributed by atoms with E-state index < -0.39 is 0 Å². The van der Waals surface area contributed by atoms with Crippen LogP contribution in [-0.2, 0) is 0 Å². The van der Waals surface area contributed by atoms with Crippen molar-refractivity contribution in [3.63, 3.8) is 0 Å². The highest BCUT2D eigenvalue weighted by Crippen LogP contribution is 2.34. The smallest absolute Gasteiger partial charge is 0.270 e. The molecule has 2 heterocycles. The molecule has 0 saturated carbocycles. The van der Waals surface area contributed by atoms with Crippen LogP contribution in [0, 0.1) is 12.8 Å². The lowest BCUT2D eigenvalue weighted by molar-refractivity contribution is 0.0925. The summed E-state index contributed by atoms with van der Waals surface area (Å²) in [4.78, 5) is 17.9. The second kappa shape index (κ2) is 8.83. The minimum absolute atomic E-state index is 0.0236. The molecule has 4 aromatic rings. The van der Waals surface area contributed by atoms with Crippen molar-refractivity contribution >= 4 is 11.6 Å². The van der Waals surface area contributed by atoms with Gasteiger partial charge < -0.3 is 10.1 Å². The predicted molar refractivity (Wildman–Crippen MR) is 127 cm³/mol. The Morgan fingerprint density at radius 3 is 2.41 bits per heavy atom. The maximum absolute atomic E-state index is 13.2. The van der Waals surface area contributed by atoms with Gasteiger partial charge in [-0.05, 0) is 43.5 Å². The van der Waals surface area contributed by atoms with Crippen LogP contribution >= 0.6 is 0 Å². The number of aromatic nitrogens is 3. The molecule has 2 aromatic heterocycles. The van der Waals surface area contributed by atoms with Crippen molar-refractivity contribution in [2.75, 3.05) is 7.11 Å². The Kier molecular flexibility index (Phi) is 5.95. The molecule has 0 aliphatic heterocycles. The number of benzene rings is 2. The van der Waals surface area contributed by atoms with Gasteiger partial charge >= 0.3 is 0 Å². The van der Waals surface area contributed by atoms with Gasteiger partial charge in [-0.25, -0.2) is 9.50 Å². The Balaban J connectivity index is 1.98. The van der Waals surface area contributed by atoms with Gasteiger partial charge in [0.15, 0.2) is 5.65 Å². The summed E-state index contributed by atoms with van der Waals surface area (Å²) in [6, 6.07) is 19.5. The van der Waals surface area contributed by atoms with Gasteiger partial charge in [0.1, 0.15) is 11.4 Å². The fourth-order valence-corrected chi connectivity index (χ4v) is 3.68. The summed E-state index contributed by atoms with van der Waals surface area (Å²) >= 11 is 0. The lowest BCUT2D eigenvalue weighted by atomic mass is 10.1. The molecule has 0 spiro atoms. The molecule has 6 heteroatoms. The van der Waals surface area contributed by atoms with Gasteiger partial charge in [-0.15, -0.1) is 0 Å². The van der Waals surface area contributed by atoms with E-state index in [-0.39, 0.29) is 11.9 Å². The van der Waals surface area contributed by atoms with Crippen LogP contribution in [0.2, 0.25) is 0 Å². The first kappa shape index (κ1) is 21.6. The molecule has 0 radical (unpaired) electrons. The van der Waals surface area contributed by atoms with Gasteiger partial charge in [0.25, 0.3) is 5.91 Å². The second-order valence-electron chi connectivity index (χ2n) is 8.29. The van der Waals surface area contributed by atoms with E-state index in [1.54, 1.807) is 17.7 Å². The quantitative estimate of drug-likeness (QED) is 0.461. The van der Waals surface area contributed by atoms with E-state index in [0.29, 0.717) is 23.0 Å². The third-order valence-corrected chi connectivity index (χ3v) is 5.80. The number of ether oxygens (including phenoxy) is 1. The number of hydrogen-bond acceptors (Lipinski definition) is 4. The average molecular weight is 429 g/mol. The molecular weight excluding hydrogens is 400 g/mol. The molecule has 1 N–H and O–H groups in total. The Morgan fingerprint density at radius 2 is 1.72 bits per heavy atom. The Hall–Kier alpha value is -3.67. The largest absolute Gasteiger partial charge is 0.496 e. The van der Waals surface area contributed by atoms with E-state index in [0.717, 1.165) is 28.1 Å². The molecule has 0 aliphatic carbocycles. The highest BCUT2D eigenvalue weighted by atomic mass is 16.5. The molecule has 4 rings (SSSR count). The normalized spacial score (nSPS) is 12.2. The van der Waals surface area contributed by atoms with Gasteiger partial charge in [-0.2, -0.15) is 5.10 Å². The van der Waals surface area contributed by atoms with Crippen LogP contribution in [0.1, 0.15) is 37.0 Å². The molecule has 0 bridgehead atoms. The summed E-state index contributed by atoms with van der Waals surface area (Å²) in [5.41, 5.74) is 5.34. The van der Waals surface area contributed by atoms with Crippen LogP contribution in [0.25, 0.3) is 28.0 Å². The Bertz CT molecular complexity index is 1260. The first-order chi connectivity index (χ1) is 15.4. The number of nitrogens with one attached hydrogen (secondary N) is 1. The van der Waals surface area contributed by atoms with Crippen LogP contribution in [0.5, 0.6) is 5.75 Å². The number of para-hydroxylation sites is 1. The highest BCUT2D eigenvalue weighted by molar-refractivity contribution is 5.95. The maximum atomic E-state index is 13.2. The number of hydrogen-bond donors (Lipinski definition) is 1. The number of nitrogens with zero attached hydrogens (tertiary/aromatic N) is 3. The monoisotopic (exact) mass is 428 g/mol. The van der Waals surface area contributed by atoms with Gasteiger partial charge in [0.05, 0.1) is 18.5 Å². The molecule has 0 unspecified atom stereocenters. The Labute approximate surface area is 188 Å². The average Bonchev–Trinajstić information content (AvgIpc) is 3.14. The van der Waals surface area contributed by atoms with Crippen LogP contribution < -0.4 is 10.1 Å². The first-order valence-corrected chi connectivity index (χ1v) is 10.8. The fourth-order valence-electron chi connectivity index (χ4n) is 3.68. The number of aryl methyl sites for hydroxylation is 1. The van der Waals surface area contributed by atoms with Gasteiger partial charge in [0, 0.05) is 17.2 Å². The summed E-state index contributed by atoms with van der Waals surface area (Å²) in [6.07, 6.45) is 0. The predicted octanol–water partition coefficient (Wildman–Crippen LogP) is 5.15. The van der Waals surface area contributed by atoms with Gasteiger partial charge in [-0.3, -0.25) is 4.79 Å². The van der Waals surface area contributed by atoms with E-state index in [1.807, 2.05) is 68.4 Å². The molecule has 0 saturated heterocycles. The maximum Gasteiger partial charge on any atom is 0.270 e. The summed E-state index contributed by atoms with van der Waals surface area (Å²) in [5, 5.41) is 7.87. The SMILES string of the molecule is COc1ccccc1-c1cc(C(=O)N[C@H](C)C(C)C)nc2c(-c3ccccc3)c(C)nn12. The molecule has 0 fully saturated rings. The van der Waals surface area contributed by atoms with Crippen LogP contribution in [0.15, 0.2) is 60.7 Å². The number of carbonyl (C=O) groups excluding carboxylic acids is 1. The van der Waals surface area contributed by atoms with Crippen molar-refractivity contribution < 1.29 is 9.53 Å². The van der Waals surface area contributed by atoms with Gasteiger partial charge in [0.2, 0.25) is 0 Å². The minimum Gasteiger partial charge on any atom is -0.496 e. The summed E-state index contributed by atoms with van der Waals surface area (Å²) in [7, 11) is 1.64. The molecule has 1 atom stereocenters. The van der Waals surface area contributed by atoms with Crippen LogP contribution in [0.4, 0.5) is 0 Å². The lowest BCUT2D eigenvalue weighted by Gasteiger charge is -2.18. The summed E-state index contributed by atoms with van der Waals surface area (Å²) in [6.45, 7) is 8.12. The number of methoxy groups -OCH3 is 1. The van der Waals surface area contributed by atoms with Crippen molar-refractivity contribution in [2.45, 2.75) is 33.7 Å². The van der Waals surface area contributed by atoms with E-state index in [4.69, 9.17) is 14.8 Å². The molecule has 2 aromatic carbocycles. The van der Waals surface area contributed by atoms with E-state index in [1.165, 1.54) is 0 Å². The third kappa shape index (κ3) is 3.96. The zero-order chi connectivity index (χ0) is 22.8. The standard InChI is InChI=1S/C26H28N4O2/c1-16(2)17(3)27-26(31)21-15-22(20-13-9-10-14-23(20)32-5)30-25(28-21)24(18(4)29-30)19-11-7-6-8-12-19/h6-17H,1-5H3,(H,27,31)/t17-/m1/s1. The minimum atomic E-state index is -0.206. The highest BCUT2D eigenvalue weighted by Gasteiger charge is 2.22. The molecular formula is C26H28N4O2. The second-order valence-corrected chi connectivity index (χ2v) is 8.29. The van der Waals surface area contributed by atoms with Crippen molar-refractivity contribution in [2.24, 2.45) is 5.92 Å². The first-order valence-electron chi connectivity index (χ1n) is 10.8. The molecule has 164 valence electrons. The van der Waals surface area contributed by atoms with Gasteiger partial charge in [-0.1, -0.05) is 56.3 Å². The zero-order valence-electron chi connectivity index (χ0n) is 19.1. The van der Waals surface area contributed by atoms with E-state index >= 15 is 0 Å². The van der Waals surface area contributed by atoms with Crippen LogP contribution in [0.3, 0.4) is 0 Å². The fraction of sp³-hybridized carbons (Fsp3) is 0.269. The summed E-state index contributed by atoms with van der Waals surface area (Å²) in [5.74, 6) is 0.812.